The van der Waals surface area contributed by atoms with Crippen LogP contribution in [0.4, 0.5) is 0 Å². The van der Waals surface area contributed by atoms with Crippen molar-refractivity contribution in [2.24, 2.45) is 10.7 Å². The Kier molecular flexibility index (Phi) is 2.89. The van der Waals surface area contributed by atoms with Crippen LogP contribution in [0.5, 0.6) is 0 Å². The van der Waals surface area contributed by atoms with Gasteiger partial charge in [0.25, 0.3) is 0 Å². The van der Waals surface area contributed by atoms with Crippen LogP contribution >= 0.6 is 0 Å². The van der Waals surface area contributed by atoms with Gasteiger partial charge in [-0.1, -0.05) is 0 Å². The van der Waals surface area contributed by atoms with E-state index in [1.54, 1.807) is 0 Å². The Morgan fingerprint density at radius 3 is 2.73 bits per heavy atom. The lowest BCUT2D eigenvalue weighted by molar-refractivity contribution is -0.106. The van der Waals surface area contributed by atoms with Crippen LogP contribution in [0.2, 0.25) is 0 Å². The van der Waals surface area contributed by atoms with Crippen molar-refractivity contribution in [3.05, 3.63) is 0 Å². The lowest BCUT2D eigenvalue weighted by Gasteiger charge is -2.14. The fourth-order valence-electron chi connectivity index (χ4n) is 1.18. The standard InChI is InChI=1S/C7H13N3O/c8-7(9-3-6-11)10-4-1-2-5-10/h6H,1-5H2,(H2,8,9). The molecular weight excluding hydrogens is 142 g/mol. The number of nitrogens with two attached hydrogens (primary N) is 1. The number of nitrogens with zero attached hydrogens (tertiary/aromatic N) is 2. The van der Waals surface area contributed by atoms with Gasteiger partial charge < -0.3 is 15.4 Å². The molecule has 0 aromatic heterocycles. The zero-order valence-corrected chi connectivity index (χ0v) is 6.49. The summed E-state index contributed by atoms with van der Waals surface area (Å²) in [7, 11) is 0. The van der Waals surface area contributed by atoms with Crippen LogP contribution in [-0.2, 0) is 4.79 Å². The highest BCUT2D eigenvalue weighted by Crippen LogP contribution is 2.05. The molecule has 0 aliphatic carbocycles. The summed E-state index contributed by atoms with van der Waals surface area (Å²) in [5.74, 6) is 0.509. The van der Waals surface area contributed by atoms with Crippen LogP contribution in [0.15, 0.2) is 4.99 Å². The summed E-state index contributed by atoms with van der Waals surface area (Å²) in [6.45, 7) is 2.14. The predicted octanol–water partition coefficient (Wildman–Crippen LogP) is -0.404. The van der Waals surface area contributed by atoms with Crippen LogP contribution in [0.25, 0.3) is 0 Å². The van der Waals surface area contributed by atoms with Crippen molar-refractivity contribution in [3.63, 3.8) is 0 Å². The van der Waals surface area contributed by atoms with Gasteiger partial charge in [0.15, 0.2) is 5.96 Å². The quantitative estimate of drug-likeness (QED) is 0.335. The molecule has 0 unspecified atom stereocenters. The minimum Gasteiger partial charge on any atom is -0.370 e. The van der Waals surface area contributed by atoms with Crippen molar-refractivity contribution in [3.8, 4) is 0 Å². The summed E-state index contributed by atoms with van der Waals surface area (Å²) < 4.78 is 0. The van der Waals surface area contributed by atoms with Gasteiger partial charge in [-0.25, -0.2) is 4.99 Å². The number of carbonyl (C=O) groups is 1. The van der Waals surface area contributed by atoms with Gasteiger partial charge in [0.05, 0.1) is 6.54 Å². The fraction of sp³-hybridized carbons (Fsp3) is 0.714. The molecule has 11 heavy (non-hydrogen) atoms. The number of hydrogen-bond donors (Lipinski definition) is 1. The second-order valence-electron chi connectivity index (χ2n) is 2.56. The number of guanidine groups is 1. The zero-order valence-electron chi connectivity index (χ0n) is 6.49. The second-order valence-corrected chi connectivity index (χ2v) is 2.56. The van der Waals surface area contributed by atoms with Gasteiger partial charge in [-0.3, -0.25) is 0 Å². The van der Waals surface area contributed by atoms with E-state index in [0.717, 1.165) is 19.4 Å². The molecule has 1 rings (SSSR count). The van der Waals surface area contributed by atoms with Crippen LogP contribution in [0.3, 0.4) is 0 Å². The highest BCUT2D eigenvalue weighted by Gasteiger charge is 2.12. The topological polar surface area (TPSA) is 58.7 Å². The van der Waals surface area contributed by atoms with E-state index in [1.165, 1.54) is 12.8 Å². The second kappa shape index (κ2) is 3.95. The zero-order chi connectivity index (χ0) is 8.10. The lowest BCUT2D eigenvalue weighted by Crippen LogP contribution is -2.35. The Labute approximate surface area is 66.1 Å². The summed E-state index contributed by atoms with van der Waals surface area (Å²) in [6, 6.07) is 0. The first-order valence-corrected chi connectivity index (χ1v) is 3.83. The SMILES string of the molecule is NC(=NCC=O)N1CCCC1. The largest absolute Gasteiger partial charge is 0.370 e. The van der Waals surface area contributed by atoms with Crippen LogP contribution in [-0.4, -0.2) is 36.8 Å². The third-order valence-electron chi connectivity index (χ3n) is 1.76. The van der Waals surface area contributed by atoms with E-state index in [0.29, 0.717) is 5.96 Å². The highest BCUT2D eigenvalue weighted by atomic mass is 16.1. The maximum Gasteiger partial charge on any atom is 0.191 e. The van der Waals surface area contributed by atoms with Gasteiger partial charge in [-0.15, -0.1) is 0 Å². The average molecular weight is 155 g/mol. The third kappa shape index (κ3) is 2.22. The lowest BCUT2D eigenvalue weighted by atomic mass is 10.4. The van der Waals surface area contributed by atoms with E-state index in [4.69, 9.17) is 5.73 Å². The summed E-state index contributed by atoms with van der Waals surface area (Å²) in [5.41, 5.74) is 5.58. The summed E-state index contributed by atoms with van der Waals surface area (Å²) in [5, 5.41) is 0. The molecule has 1 saturated heterocycles. The van der Waals surface area contributed by atoms with Crippen molar-refractivity contribution in [2.45, 2.75) is 12.8 Å². The highest BCUT2D eigenvalue weighted by molar-refractivity contribution is 5.79. The van der Waals surface area contributed by atoms with Crippen molar-refractivity contribution >= 4 is 12.2 Å². The van der Waals surface area contributed by atoms with E-state index >= 15 is 0 Å². The molecule has 62 valence electrons. The van der Waals surface area contributed by atoms with Gasteiger partial charge in [0.1, 0.15) is 6.29 Å². The Balaban J connectivity index is 2.38. The number of likely N-dealkylation sites (tertiary alicyclic amines) is 1. The van der Waals surface area contributed by atoms with E-state index in [2.05, 4.69) is 4.99 Å². The van der Waals surface area contributed by atoms with Crippen molar-refractivity contribution in [1.82, 2.24) is 4.90 Å². The van der Waals surface area contributed by atoms with E-state index in [1.807, 2.05) is 4.90 Å². The number of carbonyl (C=O) groups excluding carboxylic acids is 1. The predicted molar refractivity (Wildman–Crippen MR) is 43.4 cm³/mol. The molecule has 1 aliphatic heterocycles. The van der Waals surface area contributed by atoms with Gasteiger partial charge >= 0.3 is 0 Å². The monoisotopic (exact) mass is 155 g/mol. The molecule has 0 atom stereocenters. The Morgan fingerprint density at radius 2 is 2.18 bits per heavy atom. The summed E-state index contributed by atoms with van der Waals surface area (Å²) in [6.07, 6.45) is 3.11. The molecule has 0 aromatic carbocycles. The molecule has 0 bridgehead atoms. The fourth-order valence-corrected chi connectivity index (χ4v) is 1.18. The maximum absolute atomic E-state index is 9.94. The average Bonchev–Trinajstić information content (AvgIpc) is 2.52. The van der Waals surface area contributed by atoms with Gasteiger partial charge in [0.2, 0.25) is 0 Å². The van der Waals surface area contributed by atoms with Crippen LogP contribution in [0.1, 0.15) is 12.8 Å². The van der Waals surface area contributed by atoms with Gasteiger partial charge in [0, 0.05) is 13.1 Å². The molecule has 1 heterocycles. The Morgan fingerprint density at radius 1 is 1.55 bits per heavy atom. The van der Waals surface area contributed by atoms with E-state index < -0.39 is 0 Å². The van der Waals surface area contributed by atoms with Crippen LogP contribution in [0, 0.1) is 0 Å². The number of aliphatic imine (C=N–C) groups is 1. The molecule has 1 aliphatic rings. The number of aldehydes is 1. The van der Waals surface area contributed by atoms with Crippen molar-refractivity contribution in [1.29, 1.82) is 0 Å². The minimum atomic E-state index is 0.183. The first kappa shape index (κ1) is 8.04. The van der Waals surface area contributed by atoms with Crippen molar-refractivity contribution in [2.75, 3.05) is 19.6 Å². The molecule has 0 spiro atoms. The number of hydrogen-bond acceptors (Lipinski definition) is 2. The van der Waals surface area contributed by atoms with Gasteiger partial charge in [-0.05, 0) is 12.8 Å². The first-order valence-electron chi connectivity index (χ1n) is 3.83. The van der Waals surface area contributed by atoms with Gasteiger partial charge in [-0.2, -0.15) is 0 Å². The first-order chi connectivity index (χ1) is 5.34. The smallest absolute Gasteiger partial charge is 0.191 e. The molecule has 0 radical (unpaired) electrons. The number of rotatable bonds is 2. The van der Waals surface area contributed by atoms with E-state index in [-0.39, 0.29) is 6.54 Å². The van der Waals surface area contributed by atoms with Crippen molar-refractivity contribution < 1.29 is 4.79 Å². The minimum absolute atomic E-state index is 0.183. The molecule has 4 heteroatoms. The Bertz CT molecular complexity index is 161. The molecule has 0 saturated carbocycles. The molecule has 0 aromatic rings. The molecule has 0 amide bonds. The third-order valence-corrected chi connectivity index (χ3v) is 1.76. The van der Waals surface area contributed by atoms with Crippen LogP contribution < -0.4 is 5.73 Å². The molecule has 4 nitrogen and oxygen atoms in total. The molecule has 1 fully saturated rings. The molecular formula is C7H13N3O. The normalized spacial score (nSPS) is 18.9. The summed E-state index contributed by atoms with van der Waals surface area (Å²) in [4.78, 5) is 15.8. The Hall–Kier alpha value is -1.06. The maximum atomic E-state index is 9.94. The van der Waals surface area contributed by atoms with E-state index in [9.17, 15) is 4.79 Å². The summed E-state index contributed by atoms with van der Waals surface area (Å²) >= 11 is 0. The molecule has 2 N–H and O–H groups in total.